The first-order valence-electron chi connectivity index (χ1n) is 9.11. The molecule has 1 fully saturated rings. The van der Waals surface area contributed by atoms with E-state index in [9.17, 15) is 4.79 Å². The summed E-state index contributed by atoms with van der Waals surface area (Å²) in [6.07, 6.45) is 4.62. The van der Waals surface area contributed by atoms with Crippen LogP contribution in [0, 0.1) is 5.92 Å². The molecule has 1 aliphatic rings. The highest BCUT2D eigenvalue weighted by molar-refractivity contribution is 6.30. The second kappa shape index (κ2) is 7.12. The summed E-state index contributed by atoms with van der Waals surface area (Å²) in [5, 5.41) is 0.692. The lowest BCUT2D eigenvalue weighted by Crippen LogP contribution is -2.40. The first-order chi connectivity index (χ1) is 12.6. The van der Waals surface area contributed by atoms with Crippen LogP contribution in [0.25, 0.3) is 16.9 Å². The SMILES string of the molecule is CC1CCCN(C(=O)Cc2c(-c3ccc(Cl)cc3)nc3ccccn23)C1. The van der Waals surface area contributed by atoms with Gasteiger partial charge < -0.3 is 9.30 Å². The molecule has 2 aromatic heterocycles. The average Bonchev–Trinajstić information content (AvgIpc) is 3.01. The Balaban J connectivity index is 1.72. The number of amides is 1. The fraction of sp³-hybridized carbons (Fsp3) is 0.333. The molecule has 0 spiro atoms. The summed E-state index contributed by atoms with van der Waals surface area (Å²) in [6, 6.07) is 13.5. The van der Waals surface area contributed by atoms with Gasteiger partial charge in [-0.25, -0.2) is 4.98 Å². The highest BCUT2D eigenvalue weighted by atomic mass is 35.5. The van der Waals surface area contributed by atoms with Crippen molar-refractivity contribution in [2.45, 2.75) is 26.2 Å². The normalized spacial score (nSPS) is 17.6. The number of piperidine rings is 1. The molecule has 1 atom stereocenters. The first-order valence-corrected chi connectivity index (χ1v) is 9.49. The van der Waals surface area contributed by atoms with Crippen LogP contribution in [0.3, 0.4) is 0 Å². The lowest BCUT2D eigenvalue weighted by molar-refractivity contribution is -0.132. The van der Waals surface area contributed by atoms with Gasteiger partial charge in [0.1, 0.15) is 5.65 Å². The van der Waals surface area contributed by atoms with E-state index in [1.807, 2.05) is 58.0 Å². The zero-order valence-electron chi connectivity index (χ0n) is 14.9. The van der Waals surface area contributed by atoms with Gasteiger partial charge in [0.15, 0.2) is 0 Å². The second-order valence-electron chi connectivity index (χ2n) is 7.11. The maximum atomic E-state index is 13.0. The Labute approximate surface area is 158 Å². The van der Waals surface area contributed by atoms with Crippen LogP contribution >= 0.6 is 11.6 Å². The van der Waals surface area contributed by atoms with Crippen LogP contribution in [0.1, 0.15) is 25.5 Å². The third-order valence-electron chi connectivity index (χ3n) is 5.07. The summed E-state index contributed by atoms with van der Waals surface area (Å²) < 4.78 is 2.02. The standard InChI is InChI=1S/C21H22ClN3O/c1-15-5-4-11-24(14-15)20(26)13-18-21(16-7-9-17(22)10-8-16)23-19-6-2-3-12-25(18)19/h2-3,6-10,12,15H,4-5,11,13-14H2,1H3. The van der Waals surface area contributed by atoms with E-state index < -0.39 is 0 Å². The molecule has 4 rings (SSSR count). The maximum absolute atomic E-state index is 13.0. The molecule has 0 aliphatic carbocycles. The molecule has 0 radical (unpaired) electrons. The van der Waals surface area contributed by atoms with Gasteiger partial charge in [-0.3, -0.25) is 4.79 Å². The molecular weight excluding hydrogens is 346 g/mol. The van der Waals surface area contributed by atoms with Crippen molar-refractivity contribution < 1.29 is 4.79 Å². The van der Waals surface area contributed by atoms with Gasteiger partial charge >= 0.3 is 0 Å². The zero-order chi connectivity index (χ0) is 18.1. The van der Waals surface area contributed by atoms with E-state index in [0.29, 0.717) is 17.4 Å². The van der Waals surface area contributed by atoms with E-state index in [4.69, 9.17) is 16.6 Å². The predicted molar refractivity (Wildman–Crippen MR) is 104 cm³/mol. The molecule has 1 saturated heterocycles. The number of hydrogen-bond donors (Lipinski definition) is 0. The number of halogens is 1. The highest BCUT2D eigenvalue weighted by Crippen LogP contribution is 2.27. The van der Waals surface area contributed by atoms with Gasteiger partial charge in [-0.2, -0.15) is 0 Å². The fourth-order valence-electron chi connectivity index (χ4n) is 3.73. The number of aromatic nitrogens is 2. The molecule has 0 saturated carbocycles. The third-order valence-corrected chi connectivity index (χ3v) is 5.33. The number of carbonyl (C=O) groups is 1. The molecule has 1 aliphatic heterocycles. The Kier molecular flexibility index (Phi) is 4.68. The largest absolute Gasteiger partial charge is 0.342 e. The predicted octanol–water partition coefficient (Wildman–Crippen LogP) is 4.46. The summed E-state index contributed by atoms with van der Waals surface area (Å²) in [7, 11) is 0. The van der Waals surface area contributed by atoms with Gasteiger partial charge in [0.25, 0.3) is 0 Å². The molecule has 5 heteroatoms. The number of nitrogens with zero attached hydrogens (tertiary/aromatic N) is 3. The summed E-state index contributed by atoms with van der Waals surface area (Å²) in [5.74, 6) is 0.753. The van der Waals surface area contributed by atoms with Crippen molar-refractivity contribution in [3.63, 3.8) is 0 Å². The fourth-order valence-corrected chi connectivity index (χ4v) is 3.85. The van der Waals surface area contributed by atoms with Crippen LogP contribution in [0.5, 0.6) is 0 Å². The lowest BCUT2D eigenvalue weighted by atomic mass is 9.99. The molecule has 3 aromatic rings. The smallest absolute Gasteiger partial charge is 0.228 e. The maximum Gasteiger partial charge on any atom is 0.228 e. The van der Waals surface area contributed by atoms with E-state index in [1.54, 1.807) is 0 Å². The highest BCUT2D eigenvalue weighted by Gasteiger charge is 2.24. The first kappa shape index (κ1) is 17.1. The molecule has 0 bridgehead atoms. The van der Waals surface area contributed by atoms with Crippen LogP contribution in [0.15, 0.2) is 48.7 Å². The van der Waals surface area contributed by atoms with Crippen LogP contribution in [0.2, 0.25) is 5.02 Å². The Bertz CT molecular complexity index is 932. The van der Waals surface area contributed by atoms with Crippen molar-refractivity contribution in [2.24, 2.45) is 5.92 Å². The van der Waals surface area contributed by atoms with Gasteiger partial charge in [-0.05, 0) is 43.0 Å². The van der Waals surface area contributed by atoms with Crippen LogP contribution in [-0.4, -0.2) is 33.3 Å². The van der Waals surface area contributed by atoms with Gasteiger partial charge in [0.2, 0.25) is 5.91 Å². The lowest BCUT2D eigenvalue weighted by Gasteiger charge is -2.31. The minimum Gasteiger partial charge on any atom is -0.342 e. The number of likely N-dealkylation sites (tertiary alicyclic amines) is 1. The topological polar surface area (TPSA) is 37.6 Å². The minimum atomic E-state index is 0.178. The van der Waals surface area contributed by atoms with E-state index in [-0.39, 0.29) is 5.91 Å². The molecule has 4 nitrogen and oxygen atoms in total. The van der Waals surface area contributed by atoms with Crippen LogP contribution in [0.4, 0.5) is 0 Å². The molecule has 1 unspecified atom stereocenters. The van der Waals surface area contributed by atoms with Crippen molar-refractivity contribution in [3.8, 4) is 11.3 Å². The van der Waals surface area contributed by atoms with Crippen molar-refractivity contribution in [1.82, 2.24) is 14.3 Å². The van der Waals surface area contributed by atoms with Crippen molar-refractivity contribution in [3.05, 3.63) is 59.4 Å². The van der Waals surface area contributed by atoms with E-state index in [1.165, 1.54) is 6.42 Å². The number of rotatable bonds is 3. The van der Waals surface area contributed by atoms with E-state index in [2.05, 4.69) is 6.92 Å². The molecule has 0 N–H and O–H groups in total. The number of carbonyl (C=O) groups excluding carboxylic acids is 1. The Morgan fingerprint density at radius 2 is 2.04 bits per heavy atom. The van der Waals surface area contributed by atoms with Gasteiger partial charge in [-0.15, -0.1) is 0 Å². The molecule has 1 aromatic carbocycles. The summed E-state index contributed by atoms with van der Waals surface area (Å²) in [4.78, 5) is 19.7. The van der Waals surface area contributed by atoms with Crippen LogP contribution < -0.4 is 0 Å². The summed E-state index contributed by atoms with van der Waals surface area (Å²) in [5.41, 5.74) is 3.62. The third kappa shape index (κ3) is 3.34. The van der Waals surface area contributed by atoms with Crippen molar-refractivity contribution >= 4 is 23.2 Å². The number of benzene rings is 1. The monoisotopic (exact) mass is 367 g/mol. The quantitative estimate of drug-likeness (QED) is 0.685. The molecule has 1 amide bonds. The Hall–Kier alpha value is -2.33. The van der Waals surface area contributed by atoms with Gasteiger partial charge in [-0.1, -0.05) is 36.7 Å². The van der Waals surface area contributed by atoms with E-state index >= 15 is 0 Å². The van der Waals surface area contributed by atoms with Crippen molar-refractivity contribution in [1.29, 1.82) is 0 Å². The summed E-state index contributed by atoms with van der Waals surface area (Å²) in [6.45, 7) is 3.93. The number of pyridine rings is 1. The molecule has 134 valence electrons. The van der Waals surface area contributed by atoms with Gasteiger partial charge in [0.05, 0.1) is 17.8 Å². The van der Waals surface area contributed by atoms with E-state index in [0.717, 1.165) is 42.1 Å². The Morgan fingerprint density at radius 1 is 1.23 bits per heavy atom. The minimum absolute atomic E-state index is 0.178. The van der Waals surface area contributed by atoms with Gasteiger partial charge in [0, 0.05) is 29.9 Å². The molecular formula is C21H22ClN3O. The number of hydrogen-bond acceptors (Lipinski definition) is 2. The van der Waals surface area contributed by atoms with Crippen LogP contribution in [-0.2, 0) is 11.2 Å². The zero-order valence-corrected chi connectivity index (χ0v) is 15.6. The Morgan fingerprint density at radius 3 is 2.81 bits per heavy atom. The second-order valence-corrected chi connectivity index (χ2v) is 7.54. The van der Waals surface area contributed by atoms with Crippen molar-refractivity contribution in [2.75, 3.05) is 13.1 Å². The average molecular weight is 368 g/mol. The number of fused-ring (bicyclic) bond motifs is 1. The molecule has 26 heavy (non-hydrogen) atoms. The summed E-state index contributed by atoms with van der Waals surface area (Å²) >= 11 is 6.03. The number of imidazole rings is 1. The molecule has 3 heterocycles.